The second kappa shape index (κ2) is 12.9. The first-order valence-electron chi connectivity index (χ1n) is 18.4. The quantitative estimate of drug-likeness (QED) is 0.159. The summed E-state index contributed by atoms with van der Waals surface area (Å²) in [6.07, 6.45) is 6.75. The Morgan fingerprint density at radius 2 is 0.696 bits per heavy atom. The van der Waals surface area contributed by atoms with Crippen LogP contribution in [0.25, 0.3) is 100 Å². The maximum Gasteiger partial charge on any atom is 0.181 e. The first-order chi connectivity index (χ1) is 27.8. The second-order valence-corrected chi connectivity index (χ2v) is 13.7. The summed E-state index contributed by atoms with van der Waals surface area (Å²) in [5.41, 5.74) is 11.7. The number of nitrogens with zero attached hydrogens (tertiary/aromatic N) is 8. The van der Waals surface area contributed by atoms with Gasteiger partial charge in [0.15, 0.2) is 11.3 Å². The average Bonchev–Trinajstić information content (AvgIpc) is 3.86. The van der Waals surface area contributed by atoms with Gasteiger partial charge in [-0.05, 0) is 68.1 Å². The van der Waals surface area contributed by atoms with Gasteiger partial charge in [-0.15, -0.1) is 0 Å². The molecular weight excluding hydrogens is 689 g/mol. The van der Waals surface area contributed by atoms with Gasteiger partial charge in [-0.1, -0.05) is 133 Å². The van der Waals surface area contributed by atoms with Crippen molar-refractivity contribution in [3.63, 3.8) is 0 Å². The molecule has 0 amide bonds. The van der Waals surface area contributed by atoms with Crippen LogP contribution >= 0.6 is 0 Å². The number of rotatable bonds is 6. The van der Waals surface area contributed by atoms with Crippen molar-refractivity contribution in [2.24, 2.45) is 0 Å². The van der Waals surface area contributed by atoms with E-state index in [1.807, 2.05) is 48.8 Å². The third-order valence-corrected chi connectivity index (χ3v) is 10.5. The Kier molecular flexibility index (Phi) is 7.31. The van der Waals surface area contributed by atoms with Gasteiger partial charge in [0.2, 0.25) is 0 Å². The average molecular weight is 719 g/mol. The highest BCUT2D eigenvalue weighted by Gasteiger charge is 2.20. The molecule has 4 aromatic heterocycles. The summed E-state index contributed by atoms with van der Waals surface area (Å²) in [6.45, 7) is 0. The van der Waals surface area contributed by atoms with Gasteiger partial charge < -0.3 is 0 Å². The molecular formula is C48H30N8. The van der Waals surface area contributed by atoms with E-state index in [0.29, 0.717) is 11.3 Å². The molecule has 0 radical (unpaired) electrons. The molecule has 0 aliphatic rings. The lowest BCUT2D eigenvalue weighted by molar-refractivity contribution is 1.10. The van der Waals surface area contributed by atoms with Gasteiger partial charge in [-0.3, -0.25) is 9.13 Å². The largest absolute Gasteiger partial charge is 0.289 e. The highest BCUT2D eigenvalue weighted by atomic mass is 15.1. The SMILES string of the molecule is c1ccc(-c2nc3ncncc3n2-c2ccc(-c3c4ccccc4c(-c4ccc(-n5c(-c6ccccc6)nc6ncncc65)cc4)c4ccccc34)cc2)cc1. The molecule has 0 fully saturated rings. The molecule has 0 unspecified atom stereocenters. The summed E-state index contributed by atoms with van der Waals surface area (Å²) in [7, 11) is 0. The normalized spacial score (nSPS) is 11.6. The van der Waals surface area contributed by atoms with Gasteiger partial charge >= 0.3 is 0 Å². The maximum absolute atomic E-state index is 4.91. The van der Waals surface area contributed by atoms with E-state index >= 15 is 0 Å². The van der Waals surface area contributed by atoms with Crippen molar-refractivity contribution in [2.75, 3.05) is 0 Å². The van der Waals surface area contributed by atoms with E-state index in [1.54, 1.807) is 12.7 Å². The zero-order valence-corrected chi connectivity index (χ0v) is 29.9. The lowest BCUT2D eigenvalue weighted by atomic mass is 9.86. The van der Waals surface area contributed by atoms with Gasteiger partial charge in [0.25, 0.3) is 0 Å². The summed E-state index contributed by atoms with van der Waals surface area (Å²) < 4.78 is 4.28. The minimum Gasteiger partial charge on any atom is -0.289 e. The first-order valence-corrected chi connectivity index (χ1v) is 18.4. The van der Waals surface area contributed by atoms with Gasteiger partial charge in [-0.2, -0.15) is 0 Å². The molecule has 56 heavy (non-hydrogen) atoms. The van der Waals surface area contributed by atoms with Gasteiger partial charge in [0, 0.05) is 22.5 Å². The fourth-order valence-corrected chi connectivity index (χ4v) is 8.04. The van der Waals surface area contributed by atoms with Crippen molar-refractivity contribution >= 4 is 43.9 Å². The summed E-state index contributed by atoms with van der Waals surface area (Å²) >= 11 is 0. The van der Waals surface area contributed by atoms with Crippen molar-refractivity contribution in [1.29, 1.82) is 0 Å². The number of imidazole rings is 2. The van der Waals surface area contributed by atoms with Crippen LogP contribution < -0.4 is 0 Å². The van der Waals surface area contributed by atoms with Crippen LogP contribution in [0, 0.1) is 0 Å². The first kappa shape index (κ1) is 31.7. The molecule has 0 saturated heterocycles. The molecule has 0 aliphatic carbocycles. The molecule has 7 aromatic carbocycles. The third-order valence-electron chi connectivity index (χ3n) is 10.5. The monoisotopic (exact) mass is 718 g/mol. The molecule has 8 heteroatoms. The number of aromatic nitrogens is 8. The third kappa shape index (κ3) is 5.08. The molecule has 262 valence electrons. The van der Waals surface area contributed by atoms with E-state index in [-0.39, 0.29) is 0 Å². The minimum atomic E-state index is 0.660. The molecule has 8 nitrogen and oxygen atoms in total. The Balaban J connectivity index is 1.05. The minimum absolute atomic E-state index is 0.660. The standard InChI is InChI=1S/C48H30N8/c1-3-11-33(12-4-1)47-53-45-41(27-49-29-51-45)55(47)35-23-19-31(20-24-35)43-37-15-7-9-17-39(37)44(40-18-10-8-16-38(40)43)32-21-25-36(26-22-32)56-42-28-50-30-52-46(42)54-48(56)34-13-5-2-6-14-34/h1-30H. The topological polar surface area (TPSA) is 87.2 Å². The summed E-state index contributed by atoms with van der Waals surface area (Å²) in [4.78, 5) is 27.5. The van der Waals surface area contributed by atoms with Gasteiger partial charge in [-0.25, -0.2) is 29.9 Å². The molecule has 11 aromatic rings. The molecule has 11 rings (SSSR count). The zero-order valence-electron chi connectivity index (χ0n) is 29.9. The van der Waals surface area contributed by atoms with Crippen LogP contribution in [-0.2, 0) is 0 Å². The van der Waals surface area contributed by atoms with Gasteiger partial charge in [0.05, 0.1) is 12.4 Å². The summed E-state index contributed by atoms with van der Waals surface area (Å²) in [6, 6.07) is 55.4. The van der Waals surface area contributed by atoms with Crippen molar-refractivity contribution in [2.45, 2.75) is 0 Å². The molecule has 0 atom stereocenters. The Morgan fingerprint density at radius 1 is 0.339 bits per heavy atom. The lowest BCUT2D eigenvalue weighted by Crippen LogP contribution is -1.98. The van der Waals surface area contributed by atoms with Crippen LogP contribution in [-0.4, -0.2) is 39.0 Å². The van der Waals surface area contributed by atoms with Crippen LogP contribution in [0.1, 0.15) is 0 Å². The Labute approximate surface area is 321 Å². The zero-order chi connectivity index (χ0) is 37.0. The van der Waals surface area contributed by atoms with Crippen LogP contribution in [0.4, 0.5) is 0 Å². The van der Waals surface area contributed by atoms with Crippen molar-refractivity contribution < 1.29 is 0 Å². The summed E-state index contributed by atoms with van der Waals surface area (Å²) in [5.74, 6) is 1.65. The van der Waals surface area contributed by atoms with Crippen molar-refractivity contribution in [1.82, 2.24) is 39.0 Å². The van der Waals surface area contributed by atoms with E-state index in [9.17, 15) is 0 Å². The number of hydrogen-bond acceptors (Lipinski definition) is 6. The van der Waals surface area contributed by atoms with E-state index in [1.165, 1.54) is 32.7 Å². The predicted octanol–water partition coefficient (Wildman–Crippen LogP) is 10.9. The smallest absolute Gasteiger partial charge is 0.181 e. The predicted molar refractivity (Wildman–Crippen MR) is 224 cm³/mol. The highest BCUT2D eigenvalue weighted by Crippen LogP contribution is 2.44. The second-order valence-electron chi connectivity index (χ2n) is 13.7. The Bertz CT molecular complexity index is 2950. The van der Waals surface area contributed by atoms with E-state index < -0.39 is 0 Å². The number of fused-ring (bicyclic) bond motifs is 4. The molecule has 4 heterocycles. The Hall–Kier alpha value is -7.84. The van der Waals surface area contributed by atoms with E-state index in [2.05, 4.69) is 150 Å². The molecule has 0 bridgehead atoms. The highest BCUT2D eigenvalue weighted by molar-refractivity contribution is 6.21. The molecule has 0 aliphatic heterocycles. The number of hydrogen-bond donors (Lipinski definition) is 0. The molecule has 0 spiro atoms. The maximum atomic E-state index is 4.91. The molecule has 0 saturated carbocycles. The van der Waals surface area contributed by atoms with Gasteiger partial charge in [0.1, 0.15) is 35.3 Å². The van der Waals surface area contributed by atoms with Crippen LogP contribution in [0.5, 0.6) is 0 Å². The lowest BCUT2D eigenvalue weighted by Gasteiger charge is -2.18. The van der Waals surface area contributed by atoms with E-state index in [4.69, 9.17) is 9.97 Å². The van der Waals surface area contributed by atoms with Crippen molar-refractivity contribution in [3.8, 4) is 56.4 Å². The summed E-state index contributed by atoms with van der Waals surface area (Å²) in [5, 5.41) is 4.75. The fourth-order valence-electron chi connectivity index (χ4n) is 8.04. The number of benzene rings is 7. The molecule has 0 N–H and O–H groups in total. The van der Waals surface area contributed by atoms with Crippen LogP contribution in [0.15, 0.2) is 183 Å². The van der Waals surface area contributed by atoms with E-state index in [0.717, 1.165) is 56.3 Å². The van der Waals surface area contributed by atoms with Crippen LogP contribution in [0.3, 0.4) is 0 Å². The van der Waals surface area contributed by atoms with Crippen LogP contribution in [0.2, 0.25) is 0 Å². The Morgan fingerprint density at radius 3 is 1.07 bits per heavy atom. The fraction of sp³-hybridized carbons (Fsp3) is 0. The van der Waals surface area contributed by atoms with Crippen molar-refractivity contribution in [3.05, 3.63) is 183 Å².